The second-order valence-electron chi connectivity index (χ2n) is 3.80. The fourth-order valence-corrected chi connectivity index (χ4v) is 1.62. The smallest absolute Gasteiger partial charge is 0.450 e. The lowest BCUT2D eigenvalue weighted by Crippen LogP contribution is -2.40. The van der Waals surface area contributed by atoms with E-state index in [1.807, 2.05) is 0 Å². The van der Waals surface area contributed by atoms with E-state index < -0.39 is 6.16 Å². The quantitative estimate of drug-likeness (QED) is 0.334. The van der Waals surface area contributed by atoms with Crippen molar-refractivity contribution in [2.75, 3.05) is 0 Å². The van der Waals surface area contributed by atoms with E-state index in [2.05, 4.69) is 12.2 Å². The van der Waals surface area contributed by atoms with Crippen LogP contribution < -0.4 is 11.1 Å². The van der Waals surface area contributed by atoms with Gasteiger partial charge < -0.3 is 21.3 Å². The van der Waals surface area contributed by atoms with Crippen LogP contribution in [0.4, 0.5) is 4.79 Å². The van der Waals surface area contributed by atoms with Crippen molar-refractivity contribution in [3.05, 3.63) is 0 Å². The first-order valence-electron chi connectivity index (χ1n) is 4.94. The molecule has 0 unspecified atom stereocenters. The standard InChI is InChI=1S/C8H17N3.CH2O3/c1-6-2-4-7(5-3-6)11-8(9)10;2-1(3)4/h6-7H,2-5H2,1H3,(H4,9,10,11);(H2,2,3,4)/t6-,7-;. The first-order valence-corrected chi connectivity index (χ1v) is 4.94. The molecule has 0 atom stereocenters. The van der Waals surface area contributed by atoms with Gasteiger partial charge in [-0.3, -0.25) is 5.41 Å². The summed E-state index contributed by atoms with van der Waals surface area (Å²) < 4.78 is 0. The van der Waals surface area contributed by atoms with Crippen molar-refractivity contribution in [2.45, 2.75) is 38.6 Å². The van der Waals surface area contributed by atoms with Crippen LogP contribution in [0, 0.1) is 11.3 Å². The Kier molecular flexibility index (Phi) is 6.24. The first kappa shape index (κ1) is 13.5. The van der Waals surface area contributed by atoms with Crippen LogP contribution in [0.15, 0.2) is 0 Å². The molecule has 6 nitrogen and oxygen atoms in total. The average molecular weight is 217 g/mol. The number of carbonyl (C=O) groups is 1. The van der Waals surface area contributed by atoms with Crippen molar-refractivity contribution in [3.8, 4) is 0 Å². The van der Waals surface area contributed by atoms with Crippen molar-refractivity contribution < 1.29 is 15.0 Å². The van der Waals surface area contributed by atoms with E-state index in [0.717, 1.165) is 5.92 Å². The van der Waals surface area contributed by atoms with Gasteiger partial charge in [0.05, 0.1) is 0 Å². The Morgan fingerprint density at radius 1 is 1.33 bits per heavy atom. The Bertz CT molecular complexity index is 209. The highest BCUT2D eigenvalue weighted by molar-refractivity contribution is 5.74. The molecule has 1 aliphatic rings. The van der Waals surface area contributed by atoms with Gasteiger partial charge in [0.15, 0.2) is 5.96 Å². The predicted octanol–water partition coefficient (Wildman–Crippen LogP) is 1.27. The number of nitrogens with two attached hydrogens (primary N) is 1. The molecular formula is C9H19N3O3. The molecule has 15 heavy (non-hydrogen) atoms. The fraction of sp³-hybridized carbons (Fsp3) is 0.778. The molecule has 0 aromatic carbocycles. The number of carboxylic acid groups (broad SMARTS) is 2. The lowest BCUT2D eigenvalue weighted by molar-refractivity contribution is 0.137. The minimum Gasteiger partial charge on any atom is -0.450 e. The third kappa shape index (κ3) is 8.86. The van der Waals surface area contributed by atoms with Crippen LogP contribution in [0.3, 0.4) is 0 Å². The maximum Gasteiger partial charge on any atom is 0.503 e. The second-order valence-corrected chi connectivity index (χ2v) is 3.80. The summed E-state index contributed by atoms with van der Waals surface area (Å²) in [5.74, 6) is 0.976. The van der Waals surface area contributed by atoms with E-state index in [9.17, 15) is 0 Å². The van der Waals surface area contributed by atoms with E-state index in [-0.39, 0.29) is 5.96 Å². The summed E-state index contributed by atoms with van der Waals surface area (Å²) in [6.45, 7) is 2.28. The van der Waals surface area contributed by atoms with E-state index in [0.29, 0.717) is 6.04 Å². The summed E-state index contributed by atoms with van der Waals surface area (Å²) in [5.41, 5.74) is 5.23. The topological polar surface area (TPSA) is 119 Å². The molecule has 6 heteroatoms. The van der Waals surface area contributed by atoms with Gasteiger partial charge in [0.2, 0.25) is 0 Å². The van der Waals surface area contributed by atoms with E-state index in [4.69, 9.17) is 26.2 Å². The third-order valence-corrected chi connectivity index (χ3v) is 2.38. The zero-order valence-electron chi connectivity index (χ0n) is 8.86. The Hall–Kier alpha value is -1.46. The molecule has 0 heterocycles. The van der Waals surface area contributed by atoms with Crippen LogP contribution in [-0.2, 0) is 0 Å². The van der Waals surface area contributed by atoms with Crippen LogP contribution in [0.5, 0.6) is 0 Å². The third-order valence-electron chi connectivity index (χ3n) is 2.38. The zero-order valence-corrected chi connectivity index (χ0v) is 8.86. The van der Waals surface area contributed by atoms with Gasteiger partial charge >= 0.3 is 6.16 Å². The minimum absolute atomic E-state index is 0.115. The number of hydrogen-bond donors (Lipinski definition) is 5. The highest BCUT2D eigenvalue weighted by atomic mass is 16.6. The summed E-state index contributed by atoms with van der Waals surface area (Å²) in [6, 6.07) is 0.462. The van der Waals surface area contributed by atoms with Gasteiger partial charge in [0.25, 0.3) is 0 Å². The fourth-order valence-electron chi connectivity index (χ4n) is 1.62. The van der Waals surface area contributed by atoms with Gasteiger partial charge in [-0.05, 0) is 31.6 Å². The highest BCUT2D eigenvalue weighted by Crippen LogP contribution is 2.22. The van der Waals surface area contributed by atoms with Crippen LogP contribution in [0.25, 0.3) is 0 Å². The Morgan fingerprint density at radius 2 is 1.73 bits per heavy atom. The molecule has 0 aliphatic heterocycles. The Morgan fingerprint density at radius 3 is 2.07 bits per heavy atom. The molecule has 0 saturated heterocycles. The normalized spacial score (nSPS) is 24.6. The summed E-state index contributed by atoms with van der Waals surface area (Å²) in [7, 11) is 0. The van der Waals surface area contributed by atoms with Gasteiger partial charge in [0.1, 0.15) is 0 Å². The maximum absolute atomic E-state index is 8.56. The first-order chi connectivity index (χ1) is 6.91. The second kappa shape index (κ2) is 6.92. The van der Waals surface area contributed by atoms with Crippen molar-refractivity contribution >= 4 is 12.1 Å². The predicted molar refractivity (Wildman–Crippen MR) is 57.1 cm³/mol. The van der Waals surface area contributed by atoms with Crippen molar-refractivity contribution in [1.82, 2.24) is 5.32 Å². The molecule has 0 aromatic heterocycles. The molecule has 0 amide bonds. The molecule has 6 N–H and O–H groups in total. The number of hydrogen-bond acceptors (Lipinski definition) is 2. The lowest BCUT2D eigenvalue weighted by atomic mass is 9.87. The molecule has 1 rings (SSSR count). The number of guanidine groups is 1. The Labute approximate surface area is 89.0 Å². The minimum atomic E-state index is -1.83. The molecule has 1 saturated carbocycles. The summed E-state index contributed by atoms with van der Waals surface area (Å²) >= 11 is 0. The van der Waals surface area contributed by atoms with Gasteiger partial charge in [-0.1, -0.05) is 6.92 Å². The molecule has 0 bridgehead atoms. The van der Waals surface area contributed by atoms with Crippen LogP contribution >= 0.6 is 0 Å². The maximum atomic E-state index is 8.56. The van der Waals surface area contributed by atoms with Gasteiger partial charge in [-0.25, -0.2) is 4.79 Å². The molecule has 0 aromatic rings. The summed E-state index contributed by atoms with van der Waals surface area (Å²) in [5, 5.41) is 24.0. The van der Waals surface area contributed by atoms with Crippen LogP contribution in [0.2, 0.25) is 0 Å². The molecule has 88 valence electrons. The summed E-state index contributed by atoms with van der Waals surface area (Å²) in [4.78, 5) is 8.56. The van der Waals surface area contributed by atoms with Crippen LogP contribution in [0.1, 0.15) is 32.6 Å². The van der Waals surface area contributed by atoms with Gasteiger partial charge in [-0.2, -0.15) is 0 Å². The SMILES string of the molecule is C[C@H]1CC[C@H](NC(=N)N)CC1.O=C(O)O. The van der Waals surface area contributed by atoms with E-state index in [1.165, 1.54) is 25.7 Å². The summed E-state index contributed by atoms with van der Waals surface area (Å²) in [6.07, 6.45) is 3.04. The molecule has 1 fully saturated rings. The van der Waals surface area contributed by atoms with Crippen molar-refractivity contribution in [1.29, 1.82) is 5.41 Å². The highest BCUT2D eigenvalue weighted by Gasteiger charge is 2.17. The number of rotatable bonds is 1. The molecule has 1 aliphatic carbocycles. The largest absolute Gasteiger partial charge is 0.503 e. The number of nitrogens with one attached hydrogen (secondary N) is 2. The molecule has 0 radical (unpaired) electrons. The van der Waals surface area contributed by atoms with Gasteiger partial charge in [-0.15, -0.1) is 0 Å². The van der Waals surface area contributed by atoms with Gasteiger partial charge in [0, 0.05) is 6.04 Å². The van der Waals surface area contributed by atoms with Crippen molar-refractivity contribution in [3.63, 3.8) is 0 Å². The zero-order chi connectivity index (χ0) is 11.8. The molecule has 0 spiro atoms. The van der Waals surface area contributed by atoms with Crippen molar-refractivity contribution in [2.24, 2.45) is 11.7 Å². The lowest BCUT2D eigenvalue weighted by Gasteiger charge is -2.26. The monoisotopic (exact) mass is 217 g/mol. The average Bonchev–Trinajstić information content (AvgIpc) is 2.07. The van der Waals surface area contributed by atoms with Crippen LogP contribution in [-0.4, -0.2) is 28.4 Å². The molecular weight excluding hydrogens is 198 g/mol. The van der Waals surface area contributed by atoms with E-state index >= 15 is 0 Å². The van der Waals surface area contributed by atoms with E-state index in [1.54, 1.807) is 0 Å². The Balaban J connectivity index is 0.000000423.